The van der Waals surface area contributed by atoms with E-state index in [9.17, 15) is 13.6 Å². The van der Waals surface area contributed by atoms with Crippen LogP contribution in [-0.4, -0.2) is 20.8 Å². The van der Waals surface area contributed by atoms with Gasteiger partial charge in [-0.2, -0.15) is 0 Å². The molecule has 94 valence electrons. The first-order chi connectivity index (χ1) is 8.43. The maximum atomic E-state index is 13.8. The standard InChI is InChI=1S/C11H8BrF2N3O/c1-5-3-4-6(13)7(8(5)14)10(18)9-11(12)15-16-17(9)2/h3-4H,1-2H3. The molecule has 4 nitrogen and oxygen atoms in total. The van der Waals surface area contributed by atoms with E-state index in [2.05, 4.69) is 26.2 Å². The first-order valence-electron chi connectivity index (χ1n) is 4.98. The van der Waals surface area contributed by atoms with Crippen molar-refractivity contribution in [1.82, 2.24) is 15.0 Å². The second-order valence-corrected chi connectivity index (χ2v) is 4.49. The molecule has 1 heterocycles. The fourth-order valence-corrected chi connectivity index (χ4v) is 2.06. The van der Waals surface area contributed by atoms with Crippen molar-refractivity contribution in [1.29, 1.82) is 0 Å². The first kappa shape index (κ1) is 12.8. The van der Waals surface area contributed by atoms with Crippen molar-refractivity contribution in [3.05, 3.63) is 45.2 Å². The van der Waals surface area contributed by atoms with Crippen LogP contribution < -0.4 is 0 Å². The van der Waals surface area contributed by atoms with Crippen molar-refractivity contribution in [3.8, 4) is 0 Å². The van der Waals surface area contributed by atoms with Crippen molar-refractivity contribution in [2.24, 2.45) is 7.05 Å². The molecule has 7 heteroatoms. The van der Waals surface area contributed by atoms with Gasteiger partial charge >= 0.3 is 0 Å². The second-order valence-electron chi connectivity index (χ2n) is 3.73. The molecule has 0 fully saturated rings. The Morgan fingerprint density at radius 2 is 2.06 bits per heavy atom. The third-order valence-corrected chi connectivity index (χ3v) is 3.05. The summed E-state index contributed by atoms with van der Waals surface area (Å²) >= 11 is 3.02. The van der Waals surface area contributed by atoms with Gasteiger partial charge in [0, 0.05) is 7.05 Å². The van der Waals surface area contributed by atoms with E-state index in [-0.39, 0.29) is 15.9 Å². The molecule has 18 heavy (non-hydrogen) atoms. The zero-order valence-electron chi connectivity index (χ0n) is 9.54. The number of rotatable bonds is 2. The molecule has 0 unspecified atom stereocenters. The summed E-state index contributed by atoms with van der Waals surface area (Å²) in [5, 5.41) is 7.21. The molecule has 2 rings (SSSR count). The molecule has 1 aromatic heterocycles. The van der Waals surface area contributed by atoms with E-state index in [1.165, 1.54) is 20.0 Å². The highest BCUT2D eigenvalue weighted by atomic mass is 79.9. The molecule has 1 aromatic carbocycles. The molecule has 0 atom stereocenters. The van der Waals surface area contributed by atoms with Crippen LogP contribution in [0.2, 0.25) is 0 Å². The molecule has 0 aliphatic carbocycles. The number of aromatic nitrogens is 3. The van der Waals surface area contributed by atoms with Crippen LogP contribution in [0.25, 0.3) is 0 Å². The highest BCUT2D eigenvalue weighted by Crippen LogP contribution is 2.22. The lowest BCUT2D eigenvalue weighted by Gasteiger charge is -2.06. The first-order valence-corrected chi connectivity index (χ1v) is 5.77. The Kier molecular flexibility index (Phi) is 3.25. The lowest BCUT2D eigenvalue weighted by atomic mass is 10.0. The molecule has 0 saturated carbocycles. The summed E-state index contributed by atoms with van der Waals surface area (Å²) in [6.07, 6.45) is 0. The Bertz CT molecular complexity index is 620. The maximum Gasteiger partial charge on any atom is 0.219 e. The van der Waals surface area contributed by atoms with Gasteiger partial charge in [0.05, 0.1) is 5.56 Å². The zero-order valence-corrected chi connectivity index (χ0v) is 11.1. The number of halogens is 3. The molecule has 0 amide bonds. The predicted octanol–water partition coefficient (Wildman–Crippen LogP) is 2.40. The number of aryl methyl sites for hydroxylation is 2. The molecule has 0 aliphatic heterocycles. The van der Waals surface area contributed by atoms with Crippen LogP contribution in [0, 0.1) is 18.6 Å². The van der Waals surface area contributed by atoms with Gasteiger partial charge in [-0.25, -0.2) is 13.5 Å². The van der Waals surface area contributed by atoms with Crippen molar-refractivity contribution < 1.29 is 13.6 Å². The van der Waals surface area contributed by atoms with Crippen molar-refractivity contribution >= 4 is 21.7 Å². The van der Waals surface area contributed by atoms with E-state index in [1.54, 1.807) is 0 Å². The topological polar surface area (TPSA) is 47.8 Å². The molecule has 0 spiro atoms. The molecule has 0 saturated heterocycles. The minimum atomic E-state index is -0.906. The quantitative estimate of drug-likeness (QED) is 0.799. The minimum Gasteiger partial charge on any atom is -0.287 e. The maximum absolute atomic E-state index is 13.8. The summed E-state index contributed by atoms with van der Waals surface area (Å²) in [4.78, 5) is 12.1. The van der Waals surface area contributed by atoms with Gasteiger partial charge < -0.3 is 0 Å². The number of hydrogen-bond acceptors (Lipinski definition) is 3. The fourth-order valence-electron chi connectivity index (χ4n) is 1.56. The Morgan fingerprint density at radius 1 is 1.39 bits per heavy atom. The van der Waals surface area contributed by atoms with Crippen LogP contribution in [0.1, 0.15) is 21.6 Å². The van der Waals surface area contributed by atoms with E-state index < -0.39 is 23.0 Å². The summed E-state index contributed by atoms with van der Waals surface area (Å²) in [5.41, 5.74) is -0.398. The van der Waals surface area contributed by atoms with Gasteiger partial charge in [0.2, 0.25) is 5.78 Å². The molecular weight excluding hydrogens is 308 g/mol. The molecular formula is C11H8BrF2N3O. The summed E-state index contributed by atoms with van der Waals surface area (Å²) in [6, 6.07) is 2.33. The van der Waals surface area contributed by atoms with Gasteiger partial charge in [-0.3, -0.25) is 4.79 Å². The van der Waals surface area contributed by atoms with Gasteiger partial charge in [0.15, 0.2) is 4.60 Å². The molecule has 0 aliphatic rings. The predicted molar refractivity (Wildman–Crippen MR) is 63.2 cm³/mol. The summed E-state index contributed by atoms with van der Waals surface area (Å²) in [6.45, 7) is 1.46. The monoisotopic (exact) mass is 315 g/mol. The fraction of sp³-hybridized carbons (Fsp3) is 0.182. The van der Waals surface area contributed by atoms with Crippen molar-refractivity contribution in [2.75, 3.05) is 0 Å². The molecule has 0 N–H and O–H groups in total. The second kappa shape index (κ2) is 4.56. The lowest BCUT2D eigenvalue weighted by Crippen LogP contribution is -2.13. The van der Waals surface area contributed by atoms with Gasteiger partial charge in [0.1, 0.15) is 17.3 Å². The lowest BCUT2D eigenvalue weighted by molar-refractivity contribution is 0.102. The number of carbonyl (C=O) groups excluding carboxylic acids is 1. The summed E-state index contributed by atoms with van der Waals surface area (Å²) in [5.74, 6) is -2.57. The smallest absolute Gasteiger partial charge is 0.219 e. The number of benzene rings is 1. The normalized spacial score (nSPS) is 10.7. The van der Waals surface area contributed by atoms with E-state index in [0.29, 0.717) is 0 Å². The van der Waals surface area contributed by atoms with E-state index in [0.717, 1.165) is 10.7 Å². The number of hydrogen-bond donors (Lipinski definition) is 0. The largest absolute Gasteiger partial charge is 0.287 e. The van der Waals surface area contributed by atoms with Crippen LogP contribution >= 0.6 is 15.9 Å². The minimum absolute atomic E-state index is 0.00148. The Hall–Kier alpha value is -1.63. The highest BCUT2D eigenvalue weighted by Gasteiger charge is 2.25. The molecule has 2 aromatic rings. The summed E-state index contributed by atoms with van der Waals surface area (Å²) in [7, 11) is 1.47. The van der Waals surface area contributed by atoms with Crippen molar-refractivity contribution in [2.45, 2.75) is 6.92 Å². The van der Waals surface area contributed by atoms with Gasteiger partial charge in [-0.05, 0) is 34.5 Å². The van der Waals surface area contributed by atoms with Crippen LogP contribution in [0.3, 0.4) is 0 Å². The van der Waals surface area contributed by atoms with Crippen LogP contribution in [-0.2, 0) is 7.05 Å². The average Bonchev–Trinajstić information content (AvgIpc) is 2.64. The van der Waals surface area contributed by atoms with Gasteiger partial charge in [0.25, 0.3) is 0 Å². The SMILES string of the molecule is Cc1ccc(F)c(C(=O)c2c(Br)nnn2C)c1F. The Morgan fingerprint density at radius 3 is 2.61 bits per heavy atom. The van der Waals surface area contributed by atoms with Crippen molar-refractivity contribution in [3.63, 3.8) is 0 Å². The number of nitrogens with zero attached hydrogens (tertiary/aromatic N) is 3. The third-order valence-electron chi connectivity index (χ3n) is 2.51. The molecule has 0 bridgehead atoms. The third kappa shape index (κ3) is 1.94. The van der Waals surface area contributed by atoms with E-state index in [4.69, 9.17) is 0 Å². The van der Waals surface area contributed by atoms with Crippen LogP contribution in [0.15, 0.2) is 16.7 Å². The van der Waals surface area contributed by atoms with E-state index >= 15 is 0 Å². The Balaban J connectivity index is 2.64. The van der Waals surface area contributed by atoms with E-state index in [1.807, 2.05) is 0 Å². The van der Waals surface area contributed by atoms with Crippen LogP contribution in [0.4, 0.5) is 8.78 Å². The number of carbonyl (C=O) groups is 1. The van der Waals surface area contributed by atoms with Crippen LogP contribution in [0.5, 0.6) is 0 Å². The number of ketones is 1. The van der Waals surface area contributed by atoms with Gasteiger partial charge in [-0.1, -0.05) is 11.3 Å². The average molecular weight is 316 g/mol. The zero-order chi connectivity index (χ0) is 13.4. The Labute approximate surface area is 110 Å². The molecule has 0 radical (unpaired) electrons. The van der Waals surface area contributed by atoms with Gasteiger partial charge in [-0.15, -0.1) is 5.10 Å². The summed E-state index contributed by atoms with van der Waals surface area (Å²) < 4.78 is 28.8. The highest BCUT2D eigenvalue weighted by molar-refractivity contribution is 9.10.